The van der Waals surface area contributed by atoms with Crippen molar-refractivity contribution >= 4 is 9.39 Å². The molecule has 0 aromatic heterocycles. The monoisotopic (exact) mass is 197 g/mol. The Morgan fingerprint density at radius 1 is 1.15 bits per heavy atom. The second-order valence-corrected chi connectivity index (χ2v) is 5.25. The van der Waals surface area contributed by atoms with Crippen molar-refractivity contribution in [2.75, 3.05) is 6.54 Å². The van der Waals surface area contributed by atoms with Crippen LogP contribution in [0.25, 0.3) is 0 Å². The fraction of sp³-hybridized carbons (Fsp3) is 0.818. The molecule has 1 nitrogen and oxygen atoms in total. The lowest BCUT2D eigenvalue weighted by Crippen LogP contribution is -2.39. The van der Waals surface area contributed by atoms with Gasteiger partial charge in [0.1, 0.15) is 0 Å². The van der Waals surface area contributed by atoms with E-state index in [1.165, 1.54) is 57.1 Å². The molecule has 2 heteroatoms. The first-order valence-electron chi connectivity index (χ1n) is 5.42. The molecule has 0 aromatic carbocycles. The second-order valence-electron chi connectivity index (χ2n) is 4.62. The quantitative estimate of drug-likeness (QED) is 0.426. The molecule has 2 aliphatic rings. The van der Waals surface area contributed by atoms with Crippen LogP contribution in [0, 0.1) is 0 Å². The predicted octanol–water partition coefficient (Wildman–Crippen LogP) is 3.13. The van der Waals surface area contributed by atoms with Gasteiger partial charge in [-0.05, 0) is 32.1 Å². The van der Waals surface area contributed by atoms with Gasteiger partial charge in [0.25, 0.3) is 0 Å². The Labute approximate surface area is 83.8 Å². The van der Waals surface area contributed by atoms with Crippen LogP contribution in [0.4, 0.5) is 0 Å². The minimum atomic E-state index is 0.532. The van der Waals surface area contributed by atoms with E-state index >= 15 is 0 Å². The van der Waals surface area contributed by atoms with Gasteiger partial charge in [-0.1, -0.05) is 34.4 Å². The van der Waals surface area contributed by atoms with Gasteiger partial charge in [0.05, 0.1) is 0 Å². The highest BCUT2D eigenvalue weighted by atomic mass is 31.0. The van der Waals surface area contributed by atoms with Crippen LogP contribution in [-0.2, 0) is 0 Å². The molecular weight excluding hydrogens is 177 g/mol. The molecule has 74 valence electrons. The van der Waals surface area contributed by atoms with E-state index in [0.717, 1.165) is 0 Å². The molecular formula is C11H20NP. The van der Waals surface area contributed by atoms with Crippen LogP contribution < -0.4 is 0 Å². The summed E-state index contributed by atoms with van der Waals surface area (Å²) >= 11 is 0. The van der Waals surface area contributed by atoms with Gasteiger partial charge in [-0.15, -0.1) is 0 Å². The summed E-state index contributed by atoms with van der Waals surface area (Å²) in [4.78, 5) is 0. The van der Waals surface area contributed by atoms with E-state index in [9.17, 15) is 0 Å². The summed E-state index contributed by atoms with van der Waals surface area (Å²) in [5.74, 6) is 0. The minimum absolute atomic E-state index is 0.532. The molecule has 1 aliphatic heterocycles. The summed E-state index contributed by atoms with van der Waals surface area (Å²) < 4.78 is 2.53. The average molecular weight is 197 g/mol. The van der Waals surface area contributed by atoms with Crippen molar-refractivity contribution in [3.8, 4) is 0 Å². The number of rotatable bonds is 0. The van der Waals surface area contributed by atoms with Gasteiger partial charge >= 0.3 is 0 Å². The predicted molar refractivity (Wildman–Crippen MR) is 60.6 cm³/mol. The molecule has 1 saturated heterocycles. The molecule has 0 amide bonds. The van der Waals surface area contributed by atoms with Crippen LogP contribution in [0.3, 0.4) is 0 Å². The van der Waals surface area contributed by atoms with Crippen LogP contribution in [0.5, 0.6) is 0 Å². The van der Waals surface area contributed by atoms with Crippen LogP contribution in [0.1, 0.15) is 44.9 Å². The normalized spacial score (nSPS) is 29.5. The Morgan fingerprint density at radius 2 is 1.85 bits per heavy atom. The van der Waals surface area contributed by atoms with Gasteiger partial charge in [-0.2, -0.15) is 0 Å². The van der Waals surface area contributed by atoms with E-state index < -0.39 is 0 Å². The van der Waals surface area contributed by atoms with Crippen LogP contribution in [0.2, 0.25) is 0 Å². The first kappa shape index (κ1) is 9.68. The lowest BCUT2D eigenvalue weighted by molar-refractivity contribution is 0.206. The third-order valence-electron chi connectivity index (χ3n) is 3.79. The lowest BCUT2D eigenvalue weighted by Gasteiger charge is -2.36. The molecule has 1 spiro atoms. The van der Waals surface area contributed by atoms with Crippen molar-refractivity contribution in [1.82, 2.24) is 4.67 Å². The van der Waals surface area contributed by atoms with Crippen molar-refractivity contribution in [3.05, 3.63) is 12.2 Å². The van der Waals surface area contributed by atoms with E-state index in [4.69, 9.17) is 0 Å². The second kappa shape index (κ2) is 3.71. The van der Waals surface area contributed by atoms with Crippen molar-refractivity contribution in [2.24, 2.45) is 0 Å². The average Bonchev–Trinajstić information content (AvgIpc) is 2.55. The molecule has 2 fully saturated rings. The molecule has 1 saturated carbocycles. The van der Waals surface area contributed by atoms with Gasteiger partial charge < -0.3 is 0 Å². The number of hydrogen-bond acceptors (Lipinski definition) is 1. The molecule has 0 bridgehead atoms. The Bertz CT molecular complexity index is 206. The first-order chi connectivity index (χ1) is 6.23. The van der Waals surface area contributed by atoms with Crippen molar-refractivity contribution in [3.63, 3.8) is 0 Å². The summed E-state index contributed by atoms with van der Waals surface area (Å²) in [6, 6.07) is 0. The fourth-order valence-corrected chi connectivity index (χ4v) is 3.28. The summed E-state index contributed by atoms with van der Waals surface area (Å²) in [7, 11) is 2.95. The largest absolute Gasteiger partial charge is 0.281 e. The molecule has 1 atom stereocenters. The Morgan fingerprint density at radius 3 is 2.54 bits per heavy atom. The summed E-state index contributed by atoms with van der Waals surface area (Å²) in [6.45, 7) is 5.33. The lowest BCUT2D eigenvalue weighted by atomic mass is 9.91. The Kier molecular flexibility index (Phi) is 2.76. The maximum atomic E-state index is 4.13. The van der Waals surface area contributed by atoms with Gasteiger partial charge in [0.15, 0.2) is 0 Å². The highest BCUT2D eigenvalue weighted by molar-refractivity contribution is 7.13. The number of hydrogen-bond donors (Lipinski definition) is 0. The topological polar surface area (TPSA) is 3.24 Å². The zero-order valence-corrected chi connectivity index (χ0v) is 9.54. The van der Waals surface area contributed by atoms with Crippen LogP contribution >= 0.6 is 9.39 Å². The smallest absolute Gasteiger partial charge is 0.0244 e. The molecule has 1 heterocycles. The Balaban J connectivity index is 2.11. The highest BCUT2D eigenvalue weighted by Crippen LogP contribution is 2.43. The maximum Gasteiger partial charge on any atom is 0.0244 e. The molecule has 2 rings (SSSR count). The zero-order chi connectivity index (χ0) is 9.31. The van der Waals surface area contributed by atoms with Gasteiger partial charge in [0, 0.05) is 12.1 Å². The van der Waals surface area contributed by atoms with Crippen LogP contribution in [-0.4, -0.2) is 16.8 Å². The minimum Gasteiger partial charge on any atom is -0.281 e. The van der Waals surface area contributed by atoms with Gasteiger partial charge in [0.2, 0.25) is 0 Å². The van der Waals surface area contributed by atoms with E-state index in [-0.39, 0.29) is 0 Å². The fourth-order valence-electron chi connectivity index (χ4n) is 2.76. The highest BCUT2D eigenvalue weighted by Gasteiger charge is 2.38. The third-order valence-corrected chi connectivity index (χ3v) is 4.60. The van der Waals surface area contributed by atoms with Crippen molar-refractivity contribution in [1.29, 1.82) is 0 Å². The first-order valence-corrected chi connectivity index (χ1v) is 5.94. The molecule has 1 unspecified atom stereocenters. The molecule has 1 aliphatic carbocycles. The van der Waals surface area contributed by atoms with E-state index in [2.05, 4.69) is 20.6 Å². The van der Waals surface area contributed by atoms with Crippen LogP contribution in [0.15, 0.2) is 12.2 Å². The van der Waals surface area contributed by atoms with Crippen molar-refractivity contribution in [2.45, 2.75) is 50.5 Å². The van der Waals surface area contributed by atoms with E-state index in [1.54, 1.807) is 0 Å². The van der Waals surface area contributed by atoms with E-state index in [0.29, 0.717) is 5.54 Å². The molecule has 0 aromatic rings. The molecule has 13 heavy (non-hydrogen) atoms. The van der Waals surface area contributed by atoms with Gasteiger partial charge in [-0.25, -0.2) is 0 Å². The standard InChI is InChI=1S/C11H20NP/c1-10-4-8-11(6-2-3-7-11)12(13)9-5-10/h1-9,13H2. The van der Waals surface area contributed by atoms with Gasteiger partial charge in [-0.3, -0.25) is 4.67 Å². The van der Waals surface area contributed by atoms with E-state index in [1.807, 2.05) is 0 Å². The number of nitrogens with zero attached hydrogens (tertiary/aromatic N) is 1. The Hall–Kier alpha value is 0.130. The van der Waals surface area contributed by atoms with Crippen molar-refractivity contribution < 1.29 is 0 Å². The zero-order valence-electron chi connectivity index (χ0n) is 8.39. The SMILES string of the molecule is C=C1CCN(P)C2(CCCC2)CC1. The third kappa shape index (κ3) is 1.82. The summed E-state index contributed by atoms with van der Waals surface area (Å²) in [5.41, 5.74) is 1.99. The molecule has 0 N–H and O–H groups in total. The molecule has 0 radical (unpaired) electrons. The summed E-state index contributed by atoms with van der Waals surface area (Å²) in [6.07, 6.45) is 9.47. The summed E-state index contributed by atoms with van der Waals surface area (Å²) in [5, 5.41) is 0. The maximum absolute atomic E-state index is 4.13.